The lowest BCUT2D eigenvalue weighted by Gasteiger charge is -2.35. The summed E-state index contributed by atoms with van der Waals surface area (Å²) in [5, 5.41) is 0.831. The van der Waals surface area contributed by atoms with Gasteiger partial charge in [-0.05, 0) is 42.5 Å². The molecule has 25 heavy (non-hydrogen) atoms. The molecule has 1 heterocycles. The Balaban J connectivity index is 1.64. The Labute approximate surface area is 164 Å². The first-order chi connectivity index (χ1) is 12.0. The van der Waals surface area contributed by atoms with E-state index in [0.717, 1.165) is 4.47 Å². The molecule has 1 saturated heterocycles. The van der Waals surface area contributed by atoms with Crippen molar-refractivity contribution in [2.45, 2.75) is 0 Å². The Hall–Kier alpha value is -1.56. The molecule has 0 spiro atoms. The lowest BCUT2D eigenvalue weighted by Crippen LogP contribution is -2.50. The van der Waals surface area contributed by atoms with Crippen LogP contribution in [0.25, 0.3) is 0 Å². The van der Waals surface area contributed by atoms with E-state index in [-0.39, 0.29) is 11.8 Å². The minimum absolute atomic E-state index is 0.0240. The van der Waals surface area contributed by atoms with Crippen molar-refractivity contribution >= 4 is 50.9 Å². The minimum Gasteiger partial charge on any atom is -0.335 e. The fraction of sp³-hybridized carbons (Fsp3) is 0.222. The van der Waals surface area contributed by atoms with Crippen molar-refractivity contribution in [2.75, 3.05) is 26.2 Å². The predicted molar refractivity (Wildman–Crippen MR) is 102 cm³/mol. The number of halogens is 3. The molecule has 4 nitrogen and oxygen atoms in total. The van der Waals surface area contributed by atoms with E-state index in [1.165, 1.54) is 0 Å². The van der Waals surface area contributed by atoms with Crippen molar-refractivity contribution in [3.8, 4) is 0 Å². The van der Waals surface area contributed by atoms with E-state index in [4.69, 9.17) is 23.2 Å². The van der Waals surface area contributed by atoms with Gasteiger partial charge in [0.05, 0.1) is 10.6 Å². The van der Waals surface area contributed by atoms with E-state index in [1.807, 2.05) is 12.1 Å². The van der Waals surface area contributed by atoms with Gasteiger partial charge < -0.3 is 9.80 Å². The molecule has 0 N–H and O–H groups in total. The first-order valence-electron chi connectivity index (χ1n) is 7.75. The fourth-order valence-corrected chi connectivity index (χ4v) is 3.47. The lowest BCUT2D eigenvalue weighted by atomic mass is 10.1. The molecule has 7 heteroatoms. The zero-order chi connectivity index (χ0) is 18.0. The Morgan fingerprint density at radius 2 is 1.40 bits per heavy atom. The third kappa shape index (κ3) is 4.17. The van der Waals surface area contributed by atoms with Gasteiger partial charge in [-0.2, -0.15) is 0 Å². The molecule has 0 bridgehead atoms. The van der Waals surface area contributed by atoms with Crippen LogP contribution in [0.1, 0.15) is 20.7 Å². The van der Waals surface area contributed by atoms with Crippen LogP contribution in [-0.2, 0) is 0 Å². The molecule has 0 atom stereocenters. The zero-order valence-electron chi connectivity index (χ0n) is 13.2. The number of hydrogen-bond donors (Lipinski definition) is 0. The summed E-state index contributed by atoms with van der Waals surface area (Å²) >= 11 is 15.3. The standard InChI is InChI=1S/C18H15BrCl2N2O2/c19-13-3-1-12(2-4-13)17(24)22-7-9-23(10-8-22)18(25)15-6-5-14(20)11-16(15)21/h1-6,11H,7-10H2. The molecule has 2 amide bonds. The molecule has 2 aromatic carbocycles. The summed E-state index contributed by atoms with van der Waals surface area (Å²) in [7, 11) is 0. The van der Waals surface area contributed by atoms with Gasteiger partial charge in [0.25, 0.3) is 11.8 Å². The number of amides is 2. The van der Waals surface area contributed by atoms with E-state index in [0.29, 0.717) is 47.4 Å². The highest BCUT2D eigenvalue weighted by Crippen LogP contribution is 2.23. The van der Waals surface area contributed by atoms with Crippen molar-refractivity contribution in [2.24, 2.45) is 0 Å². The second-order valence-corrected chi connectivity index (χ2v) is 7.47. The average Bonchev–Trinajstić information content (AvgIpc) is 2.61. The number of carbonyl (C=O) groups is 2. The second-order valence-electron chi connectivity index (χ2n) is 5.72. The van der Waals surface area contributed by atoms with Gasteiger partial charge in [-0.3, -0.25) is 9.59 Å². The van der Waals surface area contributed by atoms with Gasteiger partial charge in [-0.25, -0.2) is 0 Å². The number of carbonyl (C=O) groups excluding carboxylic acids is 2. The first-order valence-corrected chi connectivity index (χ1v) is 9.30. The maximum absolute atomic E-state index is 12.6. The molecule has 1 fully saturated rings. The molecule has 0 aromatic heterocycles. The zero-order valence-corrected chi connectivity index (χ0v) is 16.3. The monoisotopic (exact) mass is 440 g/mol. The summed E-state index contributed by atoms with van der Waals surface area (Å²) < 4.78 is 0.930. The van der Waals surface area contributed by atoms with E-state index in [2.05, 4.69) is 15.9 Å². The second kappa shape index (κ2) is 7.77. The van der Waals surface area contributed by atoms with Gasteiger partial charge in [0.2, 0.25) is 0 Å². The van der Waals surface area contributed by atoms with Crippen LogP contribution >= 0.6 is 39.1 Å². The van der Waals surface area contributed by atoms with E-state index >= 15 is 0 Å². The summed E-state index contributed by atoms with van der Waals surface area (Å²) in [5.74, 6) is -0.165. The third-order valence-electron chi connectivity index (χ3n) is 4.11. The van der Waals surface area contributed by atoms with Crippen molar-refractivity contribution in [3.05, 3.63) is 68.1 Å². The number of hydrogen-bond acceptors (Lipinski definition) is 2. The van der Waals surface area contributed by atoms with Gasteiger partial charge >= 0.3 is 0 Å². The highest BCUT2D eigenvalue weighted by atomic mass is 79.9. The highest BCUT2D eigenvalue weighted by Gasteiger charge is 2.26. The maximum Gasteiger partial charge on any atom is 0.255 e. The van der Waals surface area contributed by atoms with Gasteiger partial charge in [0, 0.05) is 41.2 Å². The molecular weight excluding hydrogens is 427 g/mol. The number of benzene rings is 2. The van der Waals surface area contributed by atoms with Crippen molar-refractivity contribution in [3.63, 3.8) is 0 Å². The third-order valence-corrected chi connectivity index (χ3v) is 5.18. The van der Waals surface area contributed by atoms with Crippen LogP contribution in [0.3, 0.4) is 0 Å². The van der Waals surface area contributed by atoms with Crippen LogP contribution < -0.4 is 0 Å². The van der Waals surface area contributed by atoms with Crippen LogP contribution in [0.2, 0.25) is 10.0 Å². The van der Waals surface area contributed by atoms with Crippen molar-refractivity contribution in [1.82, 2.24) is 9.80 Å². The highest BCUT2D eigenvalue weighted by molar-refractivity contribution is 9.10. The minimum atomic E-state index is -0.141. The van der Waals surface area contributed by atoms with Crippen LogP contribution in [0.5, 0.6) is 0 Å². The largest absolute Gasteiger partial charge is 0.335 e. The molecule has 0 saturated carbocycles. The maximum atomic E-state index is 12.6. The molecule has 0 unspecified atom stereocenters. The van der Waals surface area contributed by atoms with Gasteiger partial charge in [0.15, 0.2) is 0 Å². The molecule has 3 rings (SSSR count). The summed E-state index contributed by atoms with van der Waals surface area (Å²) in [6.07, 6.45) is 0. The fourth-order valence-electron chi connectivity index (χ4n) is 2.72. The lowest BCUT2D eigenvalue weighted by molar-refractivity contribution is 0.0535. The van der Waals surface area contributed by atoms with Gasteiger partial charge in [-0.1, -0.05) is 39.1 Å². The quantitative estimate of drug-likeness (QED) is 0.694. The predicted octanol–water partition coefficient (Wildman–Crippen LogP) is 4.35. The molecule has 130 valence electrons. The van der Waals surface area contributed by atoms with Crippen LogP contribution in [-0.4, -0.2) is 47.8 Å². The first kappa shape index (κ1) is 18.2. The molecule has 0 radical (unpaired) electrons. The molecule has 2 aromatic rings. The Kier molecular flexibility index (Phi) is 5.67. The number of nitrogens with zero attached hydrogens (tertiary/aromatic N) is 2. The molecule has 1 aliphatic rings. The smallest absolute Gasteiger partial charge is 0.255 e. The molecular formula is C18H15BrCl2N2O2. The van der Waals surface area contributed by atoms with Gasteiger partial charge in [0.1, 0.15) is 0 Å². The average molecular weight is 442 g/mol. The topological polar surface area (TPSA) is 40.6 Å². The Morgan fingerprint density at radius 1 is 0.840 bits per heavy atom. The van der Waals surface area contributed by atoms with Crippen molar-refractivity contribution in [1.29, 1.82) is 0 Å². The Morgan fingerprint density at radius 3 is 1.96 bits per heavy atom. The normalized spacial score (nSPS) is 14.5. The Bertz CT molecular complexity index is 803. The summed E-state index contributed by atoms with van der Waals surface area (Å²) in [4.78, 5) is 28.6. The number of rotatable bonds is 2. The van der Waals surface area contributed by atoms with E-state index < -0.39 is 0 Å². The summed E-state index contributed by atoms with van der Waals surface area (Å²) in [6.45, 7) is 1.93. The molecule has 0 aliphatic carbocycles. The summed E-state index contributed by atoms with van der Waals surface area (Å²) in [6, 6.07) is 12.1. The van der Waals surface area contributed by atoms with E-state index in [9.17, 15) is 9.59 Å². The van der Waals surface area contributed by atoms with Crippen LogP contribution in [0, 0.1) is 0 Å². The van der Waals surface area contributed by atoms with Crippen LogP contribution in [0.4, 0.5) is 0 Å². The SMILES string of the molecule is O=C(c1ccc(Br)cc1)N1CCN(C(=O)c2ccc(Cl)cc2Cl)CC1. The van der Waals surface area contributed by atoms with Gasteiger partial charge in [-0.15, -0.1) is 0 Å². The number of piperazine rings is 1. The summed E-state index contributed by atoms with van der Waals surface area (Å²) in [5.41, 5.74) is 1.07. The van der Waals surface area contributed by atoms with E-state index in [1.54, 1.807) is 40.1 Å². The van der Waals surface area contributed by atoms with Crippen LogP contribution in [0.15, 0.2) is 46.9 Å². The van der Waals surface area contributed by atoms with Crippen molar-refractivity contribution < 1.29 is 9.59 Å². The molecule has 1 aliphatic heterocycles.